The molecule has 1 fully saturated rings. The Bertz CT molecular complexity index is 1740. The lowest BCUT2D eigenvalue weighted by Gasteiger charge is -2.32. The summed E-state index contributed by atoms with van der Waals surface area (Å²) in [6.07, 6.45) is 7.01. The molecule has 0 saturated carbocycles. The van der Waals surface area contributed by atoms with E-state index < -0.39 is 17.9 Å². The zero-order valence-electron chi connectivity index (χ0n) is 20.6. The Kier molecular flexibility index (Phi) is 5.17. The molecule has 39 heavy (non-hydrogen) atoms. The van der Waals surface area contributed by atoms with Crippen molar-refractivity contribution >= 4 is 40.3 Å². The van der Waals surface area contributed by atoms with Gasteiger partial charge in [-0.2, -0.15) is 5.26 Å². The molecule has 11 nitrogen and oxygen atoms in total. The number of carbonyl (C=O) groups is 3. The van der Waals surface area contributed by atoms with Crippen molar-refractivity contribution in [3.05, 3.63) is 83.1 Å². The second kappa shape index (κ2) is 8.75. The molecule has 4 aliphatic rings. The van der Waals surface area contributed by atoms with Crippen molar-refractivity contribution in [1.82, 2.24) is 19.6 Å². The first kappa shape index (κ1) is 23.1. The van der Waals surface area contributed by atoms with Crippen molar-refractivity contribution in [3.63, 3.8) is 0 Å². The summed E-state index contributed by atoms with van der Waals surface area (Å²) in [7, 11) is 0. The zero-order valence-corrected chi connectivity index (χ0v) is 20.6. The Hall–Kier alpha value is -5.08. The van der Waals surface area contributed by atoms with E-state index in [2.05, 4.69) is 21.4 Å². The Morgan fingerprint density at radius 3 is 2.74 bits per heavy atom. The molecule has 2 aromatic heterocycles. The quantitative estimate of drug-likeness (QED) is 0.514. The van der Waals surface area contributed by atoms with E-state index in [4.69, 9.17) is 4.74 Å². The van der Waals surface area contributed by atoms with Gasteiger partial charge in [0.1, 0.15) is 12.1 Å². The molecule has 0 aliphatic carbocycles. The van der Waals surface area contributed by atoms with Gasteiger partial charge in [0.05, 0.1) is 53.2 Å². The molecule has 7 rings (SSSR count). The molecular formula is C28H21N7O4. The number of hydrogen-bond acceptors (Lipinski definition) is 8. The number of benzene rings is 1. The number of imide groups is 1. The number of morpholine rings is 1. The first-order valence-electron chi connectivity index (χ1n) is 12.6. The summed E-state index contributed by atoms with van der Waals surface area (Å²) in [6.45, 7) is 2.12. The lowest BCUT2D eigenvalue weighted by molar-refractivity contribution is -0.136. The van der Waals surface area contributed by atoms with Crippen LogP contribution in [-0.2, 0) is 25.5 Å². The fourth-order valence-electron chi connectivity index (χ4n) is 5.75. The van der Waals surface area contributed by atoms with Crippen LogP contribution in [0.3, 0.4) is 0 Å². The number of amides is 3. The van der Waals surface area contributed by atoms with E-state index in [1.165, 1.54) is 6.20 Å². The summed E-state index contributed by atoms with van der Waals surface area (Å²) in [4.78, 5) is 52.7. The van der Waals surface area contributed by atoms with Gasteiger partial charge in [0.25, 0.3) is 11.8 Å². The number of rotatable bonds is 3. The number of nitrogens with one attached hydrogen (secondary N) is 1. The molecule has 192 valence electrons. The third-order valence-electron chi connectivity index (χ3n) is 7.50. The first-order valence-corrected chi connectivity index (χ1v) is 12.6. The highest BCUT2D eigenvalue weighted by atomic mass is 16.5. The molecule has 0 bridgehead atoms. The molecule has 1 aromatic carbocycles. The van der Waals surface area contributed by atoms with Crippen LogP contribution in [0, 0.1) is 11.3 Å². The highest BCUT2D eigenvalue weighted by Gasteiger charge is 2.42. The number of fused-ring (bicyclic) bond motifs is 1. The number of ether oxygens (including phenoxy) is 1. The lowest BCUT2D eigenvalue weighted by atomic mass is 9.94. The smallest absolute Gasteiger partial charge is 0.261 e. The van der Waals surface area contributed by atoms with Crippen LogP contribution in [0.25, 0.3) is 11.2 Å². The topological polar surface area (TPSA) is 132 Å². The second-order valence-electron chi connectivity index (χ2n) is 9.56. The Morgan fingerprint density at radius 2 is 1.92 bits per heavy atom. The molecule has 11 heteroatoms. The second-order valence-corrected chi connectivity index (χ2v) is 9.56. The molecule has 1 N–H and O–H groups in total. The molecule has 3 amide bonds. The third-order valence-corrected chi connectivity index (χ3v) is 7.50. The summed E-state index contributed by atoms with van der Waals surface area (Å²) >= 11 is 0. The van der Waals surface area contributed by atoms with Gasteiger partial charge < -0.3 is 14.5 Å². The fraction of sp³-hybridized carbons (Fsp3) is 0.214. The van der Waals surface area contributed by atoms with Gasteiger partial charge in [-0.25, -0.2) is 4.98 Å². The Labute approximate surface area is 222 Å². The molecule has 0 radical (unpaired) electrons. The van der Waals surface area contributed by atoms with Crippen LogP contribution in [0.5, 0.6) is 0 Å². The van der Waals surface area contributed by atoms with Gasteiger partial charge in [0.15, 0.2) is 5.65 Å². The van der Waals surface area contributed by atoms with Crippen LogP contribution >= 0.6 is 0 Å². The summed E-state index contributed by atoms with van der Waals surface area (Å²) in [5.74, 6) is -1.13. The maximum Gasteiger partial charge on any atom is 0.261 e. The highest BCUT2D eigenvalue weighted by Crippen LogP contribution is 2.40. The van der Waals surface area contributed by atoms with Gasteiger partial charge in [0, 0.05) is 43.7 Å². The monoisotopic (exact) mass is 519 g/mol. The number of carbonyl (C=O) groups excluding carboxylic acids is 3. The van der Waals surface area contributed by atoms with Crippen molar-refractivity contribution in [1.29, 1.82) is 5.26 Å². The normalized spacial score (nSPS) is 20.2. The predicted molar refractivity (Wildman–Crippen MR) is 139 cm³/mol. The van der Waals surface area contributed by atoms with E-state index in [0.717, 1.165) is 11.3 Å². The number of hydrogen-bond donors (Lipinski definition) is 1. The Morgan fingerprint density at radius 1 is 1.10 bits per heavy atom. The third kappa shape index (κ3) is 3.42. The molecular weight excluding hydrogens is 498 g/mol. The van der Waals surface area contributed by atoms with E-state index in [1.807, 2.05) is 28.0 Å². The van der Waals surface area contributed by atoms with Crippen molar-refractivity contribution < 1.29 is 19.1 Å². The number of para-hydroxylation sites is 1. The average Bonchev–Trinajstić information content (AvgIpc) is 3.59. The van der Waals surface area contributed by atoms with E-state index in [9.17, 15) is 19.6 Å². The fourth-order valence-corrected chi connectivity index (χ4v) is 5.75. The maximum absolute atomic E-state index is 13.5. The minimum Gasteiger partial charge on any atom is -0.378 e. The summed E-state index contributed by atoms with van der Waals surface area (Å²) in [5.41, 5.74) is 4.08. The molecule has 4 aliphatic heterocycles. The Balaban J connectivity index is 1.36. The predicted octanol–water partition coefficient (Wildman–Crippen LogP) is 1.18. The molecule has 1 saturated heterocycles. The average molecular weight is 520 g/mol. The van der Waals surface area contributed by atoms with Gasteiger partial charge >= 0.3 is 0 Å². The van der Waals surface area contributed by atoms with Gasteiger partial charge in [-0.15, -0.1) is 0 Å². The largest absolute Gasteiger partial charge is 0.378 e. The standard InChI is InChI=1S/C28H21N7O4/c29-14-17-4-2-7-35-20(15-31-25(17)35)21-22(27(37)32-26(21)36)23-18-5-1-3-16-13-19(34(24(16)18)8-6-30-23)28(38)33-9-11-39-12-10-33/h1-8,15,19H,9-13H2,(H,32,36,37). The van der Waals surface area contributed by atoms with Crippen molar-refractivity contribution in [2.45, 2.75) is 12.5 Å². The number of anilines is 1. The molecule has 1 atom stereocenters. The summed E-state index contributed by atoms with van der Waals surface area (Å²) in [6, 6.07) is 10.7. The van der Waals surface area contributed by atoms with Crippen LogP contribution < -0.4 is 10.2 Å². The lowest BCUT2D eigenvalue weighted by Crippen LogP contribution is -2.49. The zero-order chi connectivity index (χ0) is 26.7. The van der Waals surface area contributed by atoms with Crippen LogP contribution in [0.1, 0.15) is 22.4 Å². The number of aliphatic imine (C=N–C) groups is 1. The van der Waals surface area contributed by atoms with E-state index in [-0.39, 0.29) is 17.1 Å². The van der Waals surface area contributed by atoms with Crippen LogP contribution in [0.4, 0.5) is 5.69 Å². The van der Waals surface area contributed by atoms with Crippen molar-refractivity contribution in [3.8, 4) is 6.07 Å². The number of imidazole rings is 1. The van der Waals surface area contributed by atoms with Gasteiger partial charge in [-0.05, 0) is 17.7 Å². The minimum atomic E-state index is -0.571. The molecule has 0 spiro atoms. The van der Waals surface area contributed by atoms with Crippen LogP contribution in [-0.4, -0.2) is 70.1 Å². The van der Waals surface area contributed by atoms with Crippen molar-refractivity contribution in [2.75, 3.05) is 31.2 Å². The molecule has 3 aromatic rings. The van der Waals surface area contributed by atoms with Gasteiger partial charge in [0.2, 0.25) is 5.91 Å². The number of pyridine rings is 1. The number of aromatic nitrogens is 2. The summed E-state index contributed by atoms with van der Waals surface area (Å²) < 4.78 is 7.04. The molecule has 1 unspecified atom stereocenters. The SMILES string of the molecule is N#Cc1cccn2c(C3=C(C4=NC=CN5c6c(cccc64)CC5C(=O)N4CCOCC4)C(=O)NC3=O)cnc12. The van der Waals surface area contributed by atoms with Crippen LogP contribution in [0.2, 0.25) is 0 Å². The van der Waals surface area contributed by atoms with Gasteiger partial charge in [-0.3, -0.25) is 29.1 Å². The highest BCUT2D eigenvalue weighted by molar-refractivity contribution is 6.47. The molecule has 6 heterocycles. The maximum atomic E-state index is 13.5. The van der Waals surface area contributed by atoms with E-state index >= 15 is 0 Å². The minimum absolute atomic E-state index is 0.0151. The summed E-state index contributed by atoms with van der Waals surface area (Å²) in [5, 5.41) is 11.9. The van der Waals surface area contributed by atoms with E-state index in [1.54, 1.807) is 35.1 Å². The van der Waals surface area contributed by atoms with Crippen LogP contribution in [0.15, 0.2) is 65.7 Å². The van der Waals surface area contributed by atoms with Gasteiger partial charge in [-0.1, -0.05) is 18.2 Å². The van der Waals surface area contributed by atoms with E-state index in [0.29, 0.717) is 60.9 Å². The first-order chi connectivity index (χ1) is 19.1. The van der Waals surface area contributed by atoms with Crippen molar-refractivity contribution in [2.24, 2.45) is 4.99 Å². The number of nitriles is 1. The number of nitrogens with zero attached hydrogens (tertiary/aromatic N) is 6.